The minimum Gasteiger partial charge on any atom is -0.397 e. The third-order valence-electron chi connectivity index (χ3n) is 4.56. The number of hydrogen-bond donors (Lipinski definition) is 1. The second kappa shape index (κ2) is 4.65. The van der Waals surface area contributed by atoms with E-state index < -0.39 is 0 Å². The highest BCUT2D eigenvalue weighted by Crippen LogP contribution is 2.45. The van der Waals surface area contributed by atoms with E-state index in [4.69, 9.17) is 17.3 Å². The highest BCUT2D eigenvalue weighted by molar-refractivity contribution is 6.33. The van der Waals surface area contributed by atoms with Crippen LogP contribution in [-0.4, -0.2) is 13.1 Å². The van der Waals surface area contributed by atoms with E-state index in [1.807, 2.05) is 12.1 Å². The zero-order valence-electron chi connectivity index (χ0n) is 10.8. The Balaban J connectivity index is 1.68. The molecule has 0 bridgehead atoms. The van der Waals surface area contributed by atoms with E-state index >= 15 is 0 Å². The van der Waals surface area contributed by atoms with Crippen LogP contribution in [0.25, 0.3) is 0 Å². The molecular weight excluding hydrogens is 244 g/mol. The van der Waals surface area contributed by atoms with Crippen molar-refractivity contribution >= 4 is 23.0 Å². The topological polar surface area (TPSA) is 29.3 Å². The van der Waals surface area contributed by atoms with Crippen molar-refractivity contribution in [1.82, 2.24) is 0 Å². The fourth-order valence-electron chi connectivity index (χ4n) is 3.47. The van der Waals surface area contributed by atoms with Crippen molar-refractivity contribution in [2.75, 3.05) is 23.7 Å². The first-order valence-electron chi connectivity index (χ1n) is 6.99. The van der Waals surface area contributed by atoms with Crippen molar-refractivity contribution < 1.29 is 0 Å². The molecule has 0 atom stereocenters. The Morgan fingerprint density at radius 1 is 1.06 bits per heavy atom. The molecular formula is C15H21ClN2. The van der Waals surface area contributed by atoms with Gasteiger partial charge in [-0.15, -0.1) is 0 Å². The van der Waals surface area contributed by atoms with Crippen LogP contribution in [0.15, 0.2) is 18.2 Å². The molecule has 2 nitrogen and oxygen atoms in total. The number of nitrogens with zero attached hydrogens (tertiary/aromatic N) is 1. The maximum absolute atomic E-state index is 5.97. The van der Waals surface area contributed by atoms with Crippen LogP contribution in [0, 0.1) is 5.41 Å². The van der Waals surface area contributed by atoms with Crippen molar-refractivity contribution in [2.45, 2.75) is 38.5 Å². The summed E-state index contributed by atoms with van der Waals surface area (Å²) in [4.78, 5) is 2.44. The fraction of sp³-hybridized carbons (Fsp3) is 0.600. The number of benzene rings is 1. The molecule has 3 rings (SSSR count). The first-order chi connectivity index (χ1) is 8.69. The number of nitrogens with two attached hydrogens (primary N) is 1. The molecule has 18 heavy (non-hydrogen) atoms. The summed E-state index contributed by atoms with van der Waals surface area (Å²) >= 11 is 5.97. The van der Waals surface area contributed by atoms with Crippen LogP contribution in [0.4, 0.5) is 11.4 Å². The van der Waals surface area contributed by atoms with Crippen LogP contribution in [0.5, 0.6) is 0 Å². The molecule has 1 aliphatic carbocycles. The van der Waals surface area contributed by atoms with Gasteiger partial charge in [0.1, 0.15) is 0 Å². The maximum atomic E-state index is 5.97. The monoisotopic (exact) mass is 264 g/mol. The summed E-state index contributed by atoms with van der Waals surface area (Å²) in [5.41, 5.74) is 8.39. The van der Waals surface area contributed by atoms with E-state index in [1.54, 1.807) is 0 Å². The summed E-state index contributed by atoms with van der Waals surface area (Å²) in [7, 11) is 0. The van der Waals surface area contributed by atoms with Gasteiger partial charge in [-0.3, -0.25) is 0 Å². The molecule has 1 saturated heterocycles. The number of hydrogen-bond acceptors (Lipinski definition) is 2. The molecule has 2 aliphatic rings. The second-order valence-corrected chi connectivity index (χ2v) is 6.38. The van der Waals surface area contributed by atoms with E-state index in [2.05, 4.69) is 11.0 Å². The van der Waals surface area contributed by atoms with Crippen LogP contribution < -0.4 is 10.6 Å². The van der Waals surface area contributed by atoms with Gasteiger partial charge in [0.05, 0.1) is 10.7 Å². The largest absolute Gasteiger partial charge is 0.397 e. The van der Waals surface area contributed by atoms with Crippen LogP contribution in [0.1, 0.15) is 38.5 Å². The molecule has 1 spiro atoms. The molecule has 0 radical (unpaired) electrons. The number of anilines is 2. The number of nitrogen functional groups attached to an aromatic ring is 1. The lowest BCUT2D eigenvalue weighted by atomic mass is 9.73. The molecule has 1 heterocycles. The minimum absolute atomic E-state index is 0.602. The van der Waals surface area contributed by atoms with Gasteiger partial charge in [0, 0.05) is 24.2 Å². The summed E-state index contributed by atoms with van der Waals surface area (Å²) in [5.74, 6) is 0. The Morgan fingerprint density at radius 2 is 1.72 bits per heavy atom. The summed E-state index contributed by atoms with van der Waals surface area (Å²) < 4.78 is 0. The van der Waals surface area contributed by atoms with Gasteiger partial charge >= 0.3 is 0 Å². The van der Waals surface area contributed by atoms with Gasteiger partial charge in [-0.05, 0) is 31.0 Å². The van der Waals surface area contributed by atoms with Gasteiger partial charge < -0.3 is 10.6 Å². The molecule has 2 N–H and O–H groups in total. The summed E-state index contributed by atoms with van der Waals surface area (Å²) in [6.45, 7) is 2.40. The van der Waals surface area contributed by atoms with E-state index in [1.165, 1.54) is 57.3 Å². The summed E-state index contributed by atoms with van der Waals surface area (Å²) in [5, 5.41) is 0.656. The first-order valence-corrected chi connectivity index (χ1v) is 7.36. The van der Waals surface area contributed by atoms with Gasteiger partial charge in [0.2, 0.25) is 0 Å². The van der Waals surface area contributed by atoms with E-state index in [9.17, 15) is 0 Å². The molecule has 3 heteroatoms. The maximum Gasteiger partial charge on any atom is 0.0636 e. The van der Waals surface area contributed by atoms with Crippen LogP contribution >= 0.6 is 11.6 Å². The molecule has 0 amide bonds. The SMILES string of the molecule is Nc1cc(N2CC3(CCCCCC3)C2)ccc1Cl. The third-order valence-corrected chi connectivity index (χ3v) is 4.91. The minimum atomic E-state index is 0.602. The smallest absolute Gasteiger partial charge is 0.0636 e. The molecule has 1 aromatic carbocycles. The number of halogens is 1. The first kappa shape index (κ1) is 12.2. The van der Waals surface area contributed by atoms with Crippen molar-refractivity contribution in [3.05, 3.63) is 23.2 Å². The predicted octanol–water partition coefficient (Wildman–Crippen LogP) is 4.08. The fourth-order valence-corrected chi connectivity index (χ4v) is 3.59. The second-order valence-electron chi connectivity index (χ2n) is 5.98. The lowest BCUT2D eigenvalue weighted by Crippen LogP contribution is -2.56. The Hall–Kier alpha value is -0.890. The van der Waals surface area contributed by atoms with E-state index in [0.29, 0.717) is 16.1 Å². The Morgan fingerprint density at radius 3 is 2.33 bits per heavy atom. The normalized spacial score (nSPS) is 22.6. The van der Waals surface area contributed by atoms with Crippen LogP contribution in [0.3, 0.4) is 0 Å². The summed E-state index contributed by atoms with van der Waals surface area (Å²) in [6, 6.07) is 6.00. The molecule has 1 aromatic rings. The Bertz CT molecular complexity index is 428. The lowest BCUT2D eigenvalue weighted by Gasteiger charge is -2.51. The van der Waals surface area contributed by atoms with Crippen LogP contribution in [0.2, 0.25) is 5.02 Å². The quantitative estimate of drug-likeness (QED) is 0.775. The molecule has 1 aliphatic heterocycles. The van der Waals surface area contributed by atoms with Crippen molar-refractivity contribution in [3.8, 4) is 0 Å². The average Bonchev–Trinajstić information content (AvgIpc) is 2.56. The van der Waals surface area contributed by atoms with Crippen molar-refractivity contribution in [2.24, 2.45) is 5.41 Å². The van der Waals surface area contributed by atoms with Gasteiger partial charge in [-0.2, -0.15) is 0 Å². The highest BCUT2D eigenvalue weighted by Gasteiger charge is 2.42. The number of rotatable bonds is 1. The lowest BCUT2D eigenvalue weighted by molar-refractivity contribution is 0.180. The van der Waals surface area contributed by atoms with Gasteiger partial charge in [-0.25, -0.2) is 0 Å². The predicted molar refractivity (Wildman–Crippen MR) is 78.2 cm³/mol. The molecule has 0 aromatic heterocycles. The van der Waals surface area contributed by atoms with Gasteiger partial charge in [-0.1, -0.05) is 37.3 Å². The molecule has 1 saturated carbocycles. The standard InChI is InChI=1S/C15H21ClN2/c16-13-6-5-12(9-14(13)17)18-10-15(11-18)7-3-1-2-4-8-15/h5-6,9H,1-4,7-8,10-11,17H2. The zero-order valence-corrected chi connectivity index (χ0v) is 11.5. The molecule has 2 fully saturated rings. The van der Waals surface area contributed by atoms with E-state index in [0.717, 1.165) is 0 Å². The average molecular weight is 265 g/mol. The molecule has 0 unspecified atom stereocenters. The third kappa shape index (κ3) is 2.18. The summed E-state index contributed by atoms with van der Waals surface area (Å²) in [6.07, 6.45) is 8.50. The van der Waals surface area contributed by atoms with E-state index in [-0.39, 0.29) is 0 Å². The molecule has 98 valence electrons. The Labute approximate surface area is 114 Å². The highest BCUT2D eigenvalue weighted by atomic mass is 35.5. The van der Waals surface area contributed by atoms with Gasteiger partial charge in [0.25, 0.3) is 0 Å². The van der Waals surface area contributed by atoms with Crippen molar-refractivity contribution in [1.29, 1.82) is 0 Å². The van der Waals surface area contributed by atoms with Crippen molar-refractivity contribution in [3.63, 3.8) is 0 Å². The van der Waals surface area contributed by atoms with Crippen LogP contribution in [-0.2, 0) is 0 Å². The van der Waals surface area contributed by atoms with Gasteiger partial charge in [0.15, 0.2) is 0 Å². The Kier molecular flexibility index (Phi) is 3.14. The zero-order chi connectivity index (χ0) is 12.6.